The number of amides is 2. The lowest BCUT2D eigenvalue weighted by atomic mass is 9.69. The third-order valence-corrected chi connectivity index (χ3v) is 9.55. The molecular weight excluding hydrogens is 572 g/mol. The first-order valence-corrected chi connectivity index (χ1v) is 15.7. The summed E-state index contributed by atoms with van der Waals surface area (Å²) in [5, 5.41) is 17.3. The number of pyridine rings is 1. The molecule has 2 saturated carbocycles. The topological polar surface area (TPSA) is 113 Å². The van der Waals surface area contributed by atoms with Crippen molar-refractivity contribution in [3.05, 3.63) is 119 Å². The van der Waals surface area contributed by atoms with Crippen LogP contribution in [0.5, 0.6) is 0 Å². The second kappa shape index (κ2) is 11.0. The standard InChI is InChI=1S/C30H25N5.C8H5NO2/c1-18-27(16-31)30-32-17-25-15-26(21-5-3-2-4-6-21)28(33-29(25)35(30)34-18)22-11-9-20(10-12-22)24-13-23(14-24)19-7-8-19;10-7-5-3-1-2-4-6(5)8(11)9-7/h2-6,9-12,15,17,19,23-24H,7-8,13-14H2,1H3;1-4H,(H,9,10,11). The van der Waals surface area contributed by atoms with E-state index >= 15 is 0 Å². The van der Waals surface area contributed by atoms with Crippen LogP contribution in [-0.2, 0) is 0 Å². The molecule has 6 aromatic rings. The minimum atomic E-state index is -0.300. The Kier molecular flexibility index (Phi) is 6.68. The van der Waals surface area contributed by atoms with Gasteiger partial charge in [-0.15, -0.1) is 0 Å². The molecule has 8 heteroatoms. The summed E-state index contributed by atoms with van der Waals surface area (Å²) in [5.41, 5.74) is 8.99. The number of hydrogen-bond donors (Lipinski definition) is 1. The smallest absolute Gasteiger partial charge is 0.258 e. The van der Waals surface area contributed by atoms with Crippen LogP contribution in [0.4, 0.5) is 0 Å². The molecule has 2 amide bonds. The second-order valence-electron chi connectivity index (χ2n) is 12.4. The number of benzene rings is 3. The molecule has 9 rings (SSSR count). The summed E-state index contributed by atoms with van der Waals surface area (Å²) >= 11 is 0. The maximum atomic E-state index is 10.9. The van der Waals surface area contributed by atoms with Gasteiger partial charge in [0, 0.05) is 22.7 Å². The van der Waals surface area contributed by atoms with Crippen LogP contribution in [0.25, 0.3) is 39.1 Å². The maximum absolute atomic E-state index is 10.9. The van der Waals surface area contributed by atoms with E-state index in [0.29, 0.717) is 39.6 Å². The molecule has 8 nitrogen and oxygen atoms in total. The molecule has 0 saturated heterocycles. The Hall–Kier alpha value is -5.68. The lowest BCUT2D eigenvalue weighted by molar-refractivity contribution is 0.0879. The predicted molar refractivity (Wildman–Crippen MR) is 175 cm³/mol. The molecule has 0 bridgehead atoms. The number of nitrogens with one attached hydrogen (secondary N) is 1. The SMILES string of the molecule is Cc1nn2c(ncc3cc(-c4ccccc4)c(-c4ccc(C5CC(C6CC6)C5)cc4)nc32)c1C#N.O=C1NC(=O)c2ccccc21. The fourth-order valence-corrected chi connectivity index (χ4v) is 6.80. The van der Waals surface area contributed by atoms with Gasteiger partial charge in [0.15, 0.2) is 11.3 Å². The van der Waals surface area contributed by atoms with Crippen molar-refractivity contribution in [1.82, 2.24) is 24.9 Å². The van der Waals surface area contributed by atoms with Gasteiger partial charge in [0.05, 0.1) is 22.5 Å². The van der Waals surface area contributed by atoms with E-state index < -0.39 is 0 Å². The van der Waals surface area contributed by atoms with E-state index in [0.717, 1.165) is 39.6 Å². The second-order valence-corrected chi connectivity index (χ2v) is 12.4. The first kappa shape index (κ1) is 27.8. The van der Waals surface area contributed by atoms with Crippen molar-refractivity contribution in [2.24, 2.45) is 11.8 Å². The first-order chi connectivity index (χ1) is 22.5. The summed E-state index contributed by atoms with van der Waals surface area (Å²) in [7, 11) is 0. The molecule has 1 aliphatic heterocycles. The number of carbonyl (C=O) groups excluding carboxylic acids is 2. The molecular formula is C38H30N6O2. The Balaban J connectivity index is 0.000000240. The van der Waals surface area contributed by atoms with Crippen LogP contribution < -0.4 is 5.32 Å². The summed E-state index contributed by atoms with van der Waals surface area (Å²) in [5.74, 6) is 2.07. The molecule has 0 atom stereocenters. The minimum absolute atomic E-state index is 0.300. The molecule has 3 aromatic carbocycles. The molecule has 4 heterocycles. The molecule has 3 aliphatic rings. The van der Waals surface area contributed by atoms with Crippen LogP contribution in [0.15, 0.2) is 91.1 Å². The zero-order chi connectivity index (χ0) is 31.4. The number of carbonyl (C=O) groups is 2. The number of aromatic nitrogens is 4. The fraction of sp³-hybridized carbons (Fsp3) is 0.211. The van der Waals surface area contributed by atoms with Gasteiger partial charge >= 0.3 is 0 Å². The summed E-state index contributed by atoms with van der Waals surface area (Å²) in [6.07, 6.45) is 7.38. The van der Waals surface area contributed by atoms with Gasteiger partial charge in [-0.3, -0.25) is 14.9 Å². The van der Waals surface area contributed by atoms with Crippen LogP contribution in [-0.4, -0.2) is 31.4 Å². The number of fused-ring (bicyclic) bond motifs is 4. The van der Waals surface area contributed by atoms with E-state index in [1.54, 1.807) is 35.0 Å². The van der Waals surface area contributed by atoms with Gasteiger partial charge in [-0.05, 0) is 79.7 Å². The Bertz CT molecular complexity index is 2170. The van der Waals surface area contributed by atoms with Crippen molar-refractivity contribution in [3.63, 3.8) is 0 Å². The first-order valence-electron chi connectivity index (χ1n) is 15.7. The van der Waals surface area contributed by atoms with E-state index in [2.05, 4.69) is 76.1 Å². The van der Waals surface area contributed by atoms with Gasteiger partial charge in [0.1, 0.15) is 11.6 Å². The van der Waals surface area contributed by atoms with Crippen molar-refractivity contribution in [2.75, 3.05) is 0 Å². The minimum Gasteiger partial charge on any atom is -0.288 e. The van der Waals surface area contributed by atoms with Crippen LogP contribution in [0, 0.1) is 30.1 Å². The predicted octanol–water partition coefficient (Wildman–Crippen LogP) is 7.27. The van der Waals surface area contributed by atoms with Crippen LogP contribution >= 0.6 is 0 Å². The largest absolute Gasteiger partial charge is 0.288 e. The average molecular weight is 603 g/mol. The zero-order valence-corrected chi connectivity index (χ0v) is 25.3. The van der Waals surface area contributed by atoms with Gasteiger partial charge in [0.25, 0.3) is 11.8 Å². The van der Waals surface area contributed by atoms with Gasteiger partial charge in [0.2, 0.25) is 0 Å². The monoisotopic (exact) mass is 602 g/mol. The number of hydrogen-bond acceptors (Lipinski definition) is 6. The highest BCUT2D eigenvalue weighted by Crippen LogP contribution is 2.53. The van der Waals surface area contributed by atoms with Crippen molar-refractivity contribution in [3.8, 4) is 28.5 Å². The molecule has 3 aromatic heterocycles. The summed E-state index contributed by atoms with van der Waals surface area (Å²) in [6.45, 7) is 1.84. The van der Waals surface area contributed by atoms with Crippen LogP contribution in [0.3, 0.4) is 0 Å². The normalized spacial score (nSPS) is 18.3. The van der Waals surface area contributed by atoms with Crippen LogP contribution in [0.2, 0.25) is 0 Å². The lowest BCUT2D eigenvalue weighted by Crippen LogP contribution is -2.23. The quantitative estimate of drug-likeness (QED) is 0.212. The summed E-state index contributed by atoms with van der Waals surface area (Å²) in [4.78, 5) is 31.6. The lowest BCUT2D eigenvalue weighted by Gasteiger charge is -2.36. The number of nitriles is 1. The molecule has 2 aliphatic carbocycles. The number of rotatable bonds is 4. The third kappa shape index (κ3) is 4.81. The highest BCUT2D eigenvalue weighted by atomic mass is 16.2. The van der Waals surface area contributed by atoms with E-state index in [1.165, 1.54) is 31.2 Å². The Morgan fingerprint density at radius 3 is 2.13 bits per heavy atom. The van der Waals surface area contributed by atoms with E-state index in [4.69, 9.17) is 4.98 Å². The Morgan fingerprint density at radius 2 is 1.48 bits per heavy atom. The third-order valence-electron chi connectivity index (χ3n) is 9.55. The van der Waals surface area contributed by atoms with Crippen LogP contribution in [0.1, 0.15) is 69.1 Å². The molecule has 0 unspecified atom stereocenters. The van der Waals surface area contributed by atoms with E-state index in [1.807, 2.05) is 13.0 Å². The van der Waals surface area contributed by atoms with Crippen molar-refractivity contribution >= 4 is 28.5 Å². The van der Waals surface area contributed by atoms with Crippen molar-refractivity contribution < 1.29 is 9.59 Å². The van der Waals surface area contributed by atoms with Gasteiger partial charge in [-0.1, -0.05) is 66.7 Å². The van der Waals surface area contributed by atoms with Gasteiger partial charge in [-0.25, -0.2) is 9.97 Å². The van der Waals surface area contributed by atoms with Crippen molar-refractivity contribution in [2.45, 2.75) is 38.5 Å². The highest BCUT2D eigenvalue weighted by molar-refractivity contribution is 6.21. The molecule has 1 N–H and O–H groups in total. The van der Waals surface area contributed by atoms with Gasteiger partial charge in [-0.2, -0.15) is 14.9 Å². The number of aryl methyl sites for hydroxylation is 1. The van der Waals surface area contributed by atoms with Crippen molar-refractivity contribution in [1.29, 1.82) is 5.26 Å². The molecule has 224 valence electrons. The number of nitrogens with zero attached hydrogens (tertiary/aromatic N) is 5. The van der Waals surface area contributed by atoms with E-state index in [-0.39, 0.29) is 11.8 Å². The summed E-state index contributed by atoms with van der Waals surface area (Å²) in [6, 6.07) is 30.5. The van der Waals surface area contributed by atoms with Gasteiger partial charge < -0.3 is 0 Å². The molecule has 2 fully saturated rings. The molecule has 0 radical (unpaired) electrons. The zero-order valence-electron chi connectivity index (χ0n) is 25.3. The Labute approximate surface area is 265 Å². The van der Waals surface area contributed by atoms with E-state index in [9.17, 15) is 14.9 Å². The Morgan fingerprint density at radius 1 is 0.804 bits per heavy atom. The summed E-state index contributed by atoms with van der Waals surface area (Å²) < 4.78 is 1.71. The molecule has 0 spiro atoms. The number of imide groups is 1. The highest BCUT2D eigenvalue weighted by Gasteiger charge is 2.40. The average Bonchev–Trinajstić information content (AvgIpc) is 3.78. The molecule has 46 heavy (non-hydrogen) atoms. The fourth-order valence-electron chi connectivity index (χ4n) is 6.80. The maximum Gasteiger partial charge on any atom is 0.258 e.